The van der Waals surface area contributed by atoms with E-state index in [9.17, 15) is 10.1 Å². The molecule has 0 amide bonds. The molecule has 0 aliphatic rings. The summed E-state index contributed by atoms with van der Waals surface area (Å²) in [6.45, 7) is 9.93. The van der Waals surface area contributed by atoms with Crippen molar-refractivity contribution in [1.82, 2.24) is 0 Å². The van der Waals surface area contributed by atoms with Gasteiger partial charge in [0.2, 0.25) is 0 Å². The Balaban J connectivity index is 2.52. The van der Waals surface area contributed by atoms with Crippen LogP contribution in [0.25, 0.3) is 0 Å². The molecule has 6 nitrogen and oxygen atoms in total. The molecule has 0 bridgehead atoms. The Hall–Kier alpha value is -1.66. The fourth-order valence-corrected chi connectivity index (χ4v) is 1.76. The lowest BCUT2D eigenvalue weighted by Crippen LogP contribution is -2.21. The van der Waals surface area contributed by atoms with Crippen LogP contribution in [0.1, 0.15) is 33.3 Å². The van der Waals surface area contributed by atoms with Crippen molar-refractivity contribution in [2.24, 2.45) is 0 Å². The first-order chi connectivity index (χ1) is 9.83. The Bertz CT molecular complexity index is 469. The zero-order chi connectivity index (χ0) is 15.9. The maximum Gasteiger partial charge on any atom is 0.292 e. The molecule has 1 N–H and O–H groups in total. The lowest BCUT2D eigenvalue weighted by Gasteiger charge is -2.19. The van der Waals surface area contributed by atoms with E-state index in [0.29, 0.717) is 32.1 Å². The zero-order valence-corrected chi connectivity index (χ0v) is 13.1. The number of anilines is 1. The van der Waals surface area contributed by atoms with Crippen LogP contribution in [0, 0.1) is 10.1 Å². The van der Waals surface area contributed by atoms with E-state index >= 15 is 0 Å². The monoisotopic (exact) mass is 296 g/mol. The van der Waals surface area contributed by atoms with Gasteiger partial charge in [-0.05, 0) is 45.4 Å². The van der Waals surface area contributed by atoms with Gasteiger partial charge in [0.15, 0.2) is 0 Å². The summed E-state index contributed by atoms with van der Waals surface area (Å²) in [4.78, 5) is 10.5. The topological polar surface area (TPSA) is 73.6 Å². The average Bonchev–Trinajstić information content (AvgIpc) is 2.37. The predicted molar refractivity (Wildman–Crippen MR) is 82.6 cm³/mol. The molecule has 0 aromatic heterocycles. The predicted octanol–water partition coefficient (Wildman–Crippen LogP) is 3.36. The van der Waals surface area contributed by atoms with Crippen molar-refractivity contribution in [1.29, 1.82) is 0 Å². The van der Waals surface area contributed by atoms with Gasteiger partial charge in [0.25, 0.3) is 5.69 Å². The molecule has 0 aliphatic carbocycles. The maximum atomic E-state index is 10.9. The van der Waals surface area contributed by atoms with E-state index in [0.717, 1.165) is 5.56 Å². The molecule has 0 atom stereocenters. The molecule has 6 heteroatoms. The molecule has 0 fully saturated rings. The number of hydrogen-bond acceptors (Lipinski definition) is 5. The van der Waals surface area contributed by atoms with Crippen molar-refractivity contribution < 1.29 is 14.4 Å². The summed E-state index contributed by atoms with van der Waals surface area (Å²) in [6, 6.07) is 4.97. The van der Waals surface area contributed by atoms with Crippen molar-refractivity contribution in [3.8, 4) is 0 Å². The summed E-state index contributed by atoms with van der Waals surface area (Å²) in [6.07, 6.45) is 0. The number of rotatable bonds is 8. The second kappa shape index (κ2) is 7.95. The SMILES string of the molecule is CCNc1cc(COCCOC(C)(C)C)ccc1[N+](=O)[O-]. The summed E-state index contributed by atoms with van der Waals surface area (Å²) in [5.74, 6) is 0. The Kier molecular flexibility index (Phi) is 6.58. The molecule has 0 saturated heterocycles. The van der Waals surface area contributed by atoms with E-state index in [1.165, 1.54) is 6.07 Å². The second-order valence-corrected chi connectivity index (χ2v) is 5.65. The summed E-state index contributed by atoms with van der Waals surface area (Å²) < 4.78 is 11.1. The van der Waals surface area contributed by atoms with E-state index < -0.39 is 0 Å². The van der Waals surface area contributed by atoms with Gasteiger partial charge in [-0.15, -0.1) is 0 Å². The molecule has 0 saturated carbocycles. The minimum absolute atomic E-state index is 0.0802. The minimum atomic E-state index is -0.389. The van der Waals surface area contributed by atoms with Crippen LogP contribution in [0.5, 0.6) is 0 Å². The summed E-state index contributed by atoms with van der Waals surface area (Å²) in [5, 5.41) is 13.9. The number of ether oxygens (including phenoxy) is 2. The van der Waals surface area contributed by atoms with Crippen LogP contribution >= 0.6 is 0 Å². The van der Waals surface area contributed by atoms with Crippen molar-refractivity contribution in [3.05, 3.63) is 33.9 Å². The van der Waals surface area contributed by atoms with Gasteiger partial charge in [0, 0.05) is 12.6 Å². The van der Waals surface area contributed by atoms with E-state index in [4.69, 9.17) is 9.47 Å². The van der Waals surface area contributed by atoms with Crippen LogP contribution in [0.4, 0.5) is 11.4 Å². The van der Waals surface area contributed by atoms with Crippen molar-refractivity contribution in [3.63, 3.8) is 0 Å². The third-order valence-electron chi connectivity index (χ3n) is 2.66. The first-order valence-corrected chi connectivity index (χ1v) is 7.06. The van der Waals surface area contributed by atoms with Crippen molar-refractivity contribution >= 4 is 11.4 Å². The number of hydrogen-bond donors (Lipinski definition) is 1. The van der Waals surface area contributed by atoms with Crippen LogP contribution in [-0.2, 0) is 16.1 Å². The van der Waals surface area contributed by atoms with Crippen LogP contribution in [0.3, 0.4) is 0 Å². The van der Waals surface area contributed by atoms with Gasteiger partial charge in [-0.25, -0.2) is 0 Å². The standard InChI is InChI=1S/C15H24N2O4/c1-5-16-13-10-12(6-7-14(13)17(18)19)11-20-8-9-21-15(2,3)4/h6-7,10,16H,5,8-9,11H2,1-4H3. The number of nitro benzene ring substituents is 1. The highest BCUT2D eigenvalue weighted by Gasteiger charge is 2.13. The maximum absolute atomic E-state index is 10.9. The van der Waals surface area contributed by atoms with Crippen molar-refractivity contribution in [2.45, 2.75) is 39.9 Å². The minimum Gasteiger partial charge on any atom is -0.380 e. The van der Waals surface area contributed by atoms with Gasteiger partial charge in [-0.2, -0.15) is 0 Å². The number of nitrogens with zero attached hydrogens (tertiary/aromatic N) is 1. The highest BCUT2D eigenvalue weighted by molar-refractivity contribution is 5.62. The molecular weight excluding hydrogens is 272 g/mol. The molecule has 118 valence electrons. The summed E-state index contributed by atoms with van der Waals surface area (Å²) >= 11 is 0. The molecule has 0 unspecified atom stereocenters. The lowest BCUT2D eigenvalue weighted by molar-refractivity contribution is -0.384. The van der Waals surface area contributed by atoms with E-state index in [2.05, 4.69) is 5.32 Å². The van der Waals surface area contributed by atoms with Gasteiger partial charge in [-0.1, -0.05) is 0 Å². The van der Waals surface area contributed by atoms with Gasteiger partial charge >= 0.3 is 0 Å². The molecular formula is C15H24N2O4. The van der Waals surface area contributed by atoms with Gasteiger partial charge in [-0.3, -0.25) is 10.1 Å². The van der Waals surface area contributed by atoms with Crippen LogP contribution in [-0.4, -0.2) is 30.3 Å². The van der Waals surface area contributed by atoms with Crippen LogP contribution in [0.2, 0.25) is 0 Å². The van der Waals surface area contributed by atoms with Gasteiger partial charge in [0.05, 0.1) is 30.3 Å². The molecule has 0 spiro atoms. The zero-order valence-electron chi connectivity index (χ0n) is 13.1. The van der Waals surface area contributed by atoms with Gasteiger partial charge < -0.3 is 14.8 Å². The van der Waals surface area contributed by atoms with E-state index in [1.54, 1.807) is 12.1 Å². The third kappa shape index (κ3) is 6.55. The van der Waals surface area contributed by atoms with Gasteiger partial charge in [0.1, 0.15) is 5.69 Å². The molecule has 1 rings (SSSR count). The fourth-order valence-electron chi connectivity index (χ4n) is 1.76. The Morgan fingerprint density at radius 3 is 2.57 bits per heavy atom. The Labute approximate surface area is 125 Å². The highest BCUT2D eigenvalue weighted by Crippen LogP contribution is 2.25. The number of benzene rings is 1. The lowest BCUT2D eigenvalue weighted by atomic mass is 10.2. The van der Waals surface area contributed by atoms with E-state index in [1.807, 2.05) is 27.7 Å². The molecule has 0 aliphatic heterocycles. The third-order valence-corrected chi connectivity index (χ3v) is 2.66. The number of nitro groups is 1. The molecule has 1 aromatic carbocycles. The first-order valence-electron chi connectivity index (χ1n) is 7.06. The molecule has 0 radical (unpaired) electrons. The van der Waals surface area contributed by atoms with Crippen LogP contribution in [0.15, 0.2) is 18.2 Å². The smallest absolute Gasteiger partial charge is 0.292 e. The van der Waals surface area contributed by atoms with Crippen molar-refractivity contribution in [2.75, 3.05) is 25.1 Å². The molecule has 0 heterocycles. The fraction of sp³-hybridized carbons (Fsp3) is 0.600. The molecule has 21 heavy (non-hydrogen) atoms. The Morgan fingerprint density at radius 1 is 1.29 bits per heavy atom. The highest BCUT2D eigenvalue weighted by atomic mass is 16.6. The molecule has 1 aromatic rings. The first kappa shape index (κ1) is 17.4. The summed E-state index contributed by atoms with van der Waals surface area (Å²) in [5.41, 5.74) is 1.33. The normalized spacial score (nSPS) is 11.4. The second-order valence-electron chi connectivity index (χ2n) is 5.65. The largest absolute Gasteiger partial charge is 0.380 e. The summed E-state index contributed by atoms with van der Waals surface area (Å²) in [7, 11) is 0. The number of nitrogens with one attached hydrogen (secondary N) is 1. The average molecular weight is 296 g/mol. The van der Waals surface area contributed by atoms with E-state index in [-0.39, 0.29) is 16.2 Å². The van der Waals surface area contributed by atoms with Crippen LogP contribution < -0.4 is 5.32 Å². The quantitative estimate of drug-likeness (QED) is 0.452. The Morgan fingerprint density at radius 2 is 2.00 bits per heavy atom.